The molecule has 0 bridgehead atoms. The SMILES string of the molecule is C[C@H](NS(=O)(=O)C1CN(C(=O)OCc2ccccc2)C1)C(N)=O. The van der Waals surface area contributed by atoms with E-state index in [1.165, 1.54) is 11.8 Å². The van der Waals surface area contributed by atoms with E-state index in [4.69, 9.17) is 10.5 Å². The van der Waals surface area contributed by atoms with Crippen molar-refractivity contribution in [2.45, 2.75) is 24.8 Å². The molecule has 0 radical (unpaired) electrons. The van der Waals surface area contributed by atoms with Crippen molar-refractivity contribution >= 4 is 22.0 Å². The number of hydrogen-bond acceptors (Lipinski definition) is 5. The Bertz CT molecular complexity index is 671. The van der Waals surface area contributed by atoms with Crippen molar-refractivity contribution in [2.75, 3.05) is 13.1 Å². The average molecular weight is 341 g/mol. The van der Waals surface area contributed by atoms with Crippen LogP contribution in [0, 0.1) is 0 Å². The summed E-state index contributed by atoms with van der Waals surface area (Å²) in [5, 5.41) is -0.770. The van der Waals surface area contributed by atoms with E-state index in [9.17, 15) is 18.0 Å². The van der Waals surface area contributed by atoms with E-state index in [2.05, 4.69) is 4.72 Å². The van der Waals surface area contributed by atoms with Gasteiger partial charge in [-0.2, -0.15) is 0 Å². The first-order valence-electron chi connectivity index (χ1n) is 7.05. The molecule has 1 aliphatic heterocycles. The molecule has 1 fully saturated rings. The van der Waals surface area contributed by atoms with Crippen LogP contribution in [0.4, 0.5) is 4.79 Å². The van der Waals surface area contributed by atoms with Gasteiger partial charge in [-0.3, -0.25) is 4.79 Å². The van der Waals surface area contributed by atoms with Gasteiger partial charge in [0, 0.05) is 13.1 Å². The van der Waals surface area contributed by atoms with Gasteiger partial charge >= 0.3 is 6.09 Å². The molecule has 2 rings (SSSR count). The topological polar surface area (TPSA) is 119 Å². The summed E-state index contributed by atoms with van der Waals surface area (Å²) in [4.78, 5) is 24.0. The smallest absolute Gasteiger partial charge is 0.410 e. The predicted molar refractivity (Wildman–Crippen MR) is 82.7 cm³/mol. The van der Waals surface area contributed by atoms with E-state index < -0.39 is 33.3 Å². The maximum absolute atomic E-state index is 12.0. The molecular formula is C14H19N3O5S. The number of carbonyl (C=O) groups is 2. The highest BCUT2D eigenvalue weighted by molar-refractivity contribution is 7.90. The van der Waals surface area contributed by atoms with Crippen molar-refractivity contribution in [1.29, 1.82) is 0 Å². The van der Waals surface area contributed by atoms with Crippen LogP contribution in [0.25, 0.3) is 0 Å². The van der Waals surface area contributed by atoms with E-state index in [0.29, 0.717) is 0 Å². The summed E-state index contributed by atoms with van der Waals surface area (Å²) in [7, 11) is -3.70. The summed E-state index contributed by atoms with van der Waals surface area (Å²) in [5.41, 5.74) is 5.87. The summed E-state index contributed by atoms with van der Waals surface area (Å²) in [6.07, 6.45) is -0.566. The lowest BCUT2D eigenvalue weighted by molar-refractivity contribution is -0.119. The second-order valence-corrected chi connectivity index (χ2v) is 7.35. The van der Waals surface area contributed by atoms with Crippen molar-refractivity contribution in [1.82, 2.24) is 9.62 Å². The molecule has 23 heavy (non-hydrogen) atoms. The van der Waals surface area contributed by atoms with Crippen molar-refractivity contribution in [3.63, 3.8) is 0 Å². The lowest BCUT2D eigenvalue weighted by Gasteiger charge is -2.37. The summed E-state index contributed by atoms with van der Waals surface area (Å²) in [5.74, 6) is -0.757. The van der Waals surface area contributed by atoms with Crippen LogP contribution in [0.15, 0.2) is 30.3 Å². The van der Waals surface area contributed by atoms with Crippen LogP contribution in [0.2, 0.25) is 0 Å². The Morgan fingerprint density at radius 1 is 1.35 bits per heavy atom. The largest absolute Gasteiger partial charge is 0.445 e. The second-order valence-electron chi connectivity index (χ2n) is 5.35. The van der Waals surface area contributed by atoms with Crippen LogP contribution >= 0.6 is 0 Å². The van der Waals surface area contributed by atoms with E-state index in [1.54, 1.807) is 0 Å². The molecule has 2 amide bonds. The van der Waals surface area contributed by atoms with Crippen molar-refractivity contribution in [3.8, 4) is 0 Å². The molecule has 8 nitrogen and oxygen atoms in total. The molecule has 0 spiro atoms. The maximum Gasteiger partial charge on any atom is 0.410 e. The van der Waals surface area contributed by atoms with Gasteiger partial charge in [-0.1, -0.05) is 30.3 Å². The Kier molecular flexibility index (Phi) is 5.22. The number of primary amides is 1. The number of ether oxygens (including phenoxy) is 1. The van der Waals surface area contributed by atoms with Gasteiger partial charge in [-0.15, -0.1) is 0 Å². The Hall–Kier alpha value is -2.13. The zero-order valence-electron chi connectivity index (χ0n) is 12.6. The molecule has 1 saturated heterocycles. The third-order valence-electron chi connectivity index (χ3n) is 3.52. The predicted octanol–water partition coefficient (Wildman–Crippen LogP) is -0.199. The lowest BCUT2D eigenvalue weighted by atomic mass is 10.2. The highest BCUT2D eigenvalue weighted by Gasteiger charge is 2.41. The van der Waals surface area contributed by atoms with Crippen LogP contribution in [-0.4, -0.2) is 49.7 Å². The van der Waals surface area contributed by atoms with Crippen LogP contribution in [0.5, 0.6) is 0 Å². The van der Waals surface area contributed by atoms with Gasteiger partial charge in [0.2, 0.25) is 15.9 Å². The van der Waals surface area contributed by atoms with E-state index >= 15 is 0 Å². The highest BCUT2D eigenvalue weighted by Crippen LogP contribution is 2.17. The van der Waals surface area contributed by atoms with Crippen LogP contribution in [-0.2, 0) is 26.2 Å². The first-order valence-corrected chi connectivity index (χ1v) is 8.60. The number of hydrogen-bond donors (Lipinski definition) is 2. The standard InChI is InChI=1S/C14H19N3O5S/c1-10(13(15)18)16-23(20,21)12-7-17(8-12)14(19)22-9-11-5-3-2-4-6-11/h2-6,10,12,16H,7-9H2,1H3,(H2,15,18)/t10-/m0/s1. The number of amides is 2. The number of benzene rings is 1. The van der Waals surface area contributed by atoms with Gasteiger partial charge in [0.05, 0.1) is 6.04 Å². The highest BCUT2D eigenvalue weighted by atomic mass is 32.2. The minimum atomic E-state index is -3.70. The third-order valence-corrected chi connectivity index (χ3v) is 5.38. The molecule has 1 heterocycles. The Morgan fingerprint density at radius 2 is 1.96 bits per heavy atom. The molecule has 0 aromatic heterocycles. The summed E-state index contributed by atoms with van der Waals surface area (Å²) >= 11 is 0. The third kappa shape index (κ3) is 4.42. The van der Waals surface area contributed by atoms with Crippen LogP contribution in [0.3, 0.4) is 0 Å². The molecule has 0 unspecified atom stereocenters. The van der Waals surface area contributed by atoms with Gasteiger partial charge < -0.3 is 15.4 Å². The fourth-order valence-electron chi connectivity index (χ4n) is 1.99. The average Bonchev–Trinajstić information content (AvgIpc) is 2.43. The zero-order valence-corrected chi connectivity index (χ0v) is 13.5. The molecule has 1 aromatic rings. The minimum Gasteiger partial charge on any atom is -0.445 e. The van der Waals surface area contributed by atoms with Crippen molar-refractivity contribution in [2.24, 2.45) is 5.73 Å². The summed E-state index contributed by atoms with van der Waals surface area (Å²) < 4.78 is 31.3. The van der Waals surface area contributed by atoms with Crippen LogP contribution in [0.1, 0.15) is 12.5 Å². The number of nitrogens with two attached hydrogens (primary N) is 1. The number of sulfonamides is 1. The Balaban J connectivity index is 1.79. The van der Waals surface area contributed by atoms with Crippen molar-refractivity contribution < 1.29 is 22.7 Å². The van der Waals surface area contributed by atoms with E-state index in [1.807, 2.05) is 30.3 Å². The number of nitrogens with one attached hydrogen (secondary N) is 1. The fourth-order valence-corrected chi connectivity index (χ4v) is 3.55. The van der Waals surface area contributed by atoms with Gasteiger partial charge in [-0.25, -0.2) is 17.9 Å². The lowest BCUT2D eigenvalue weighted by Crippen LogP contribution is -2.61. The fraction of sp³-hybridized carbons (Fsp3) is 0.429. The molecule has 3 N–H and O–H groups in total. The molecule has 1 aromatic carbocycles. The molecule has 0 saturated carbocycles. The van der Waals surface area contributed by atoms with Gasteiger partial charge in [0.1, 0.15) is 11.9 Å². The zero-order chi connectivity index (χ0) is 17.0. The van der Waals surface area contributed by atoms with E-state index in [-0.39, 0.29) is 19.7 Å². The van der Waals surface area contributed by atoms with Gasteiger partial charge in [-0.05, 0) is 12.5 Å². The minimum absolute atomic E-state index is 0.0223. The monoisotopic (exact) mass is 341 g/mol. The quantitative estimate of drug-likeness (QED) is 0.743. The molecule has 126 valence electrons. The molecule has 1 aliphatic rings. The molecular weight excluding hydrogens is 322 g/mol. The van der Waals surface area contributed by atoms with Crippen LogP contribution < -0.4 is 10.5 Å². The molecule has 1 atom stereocenters. The normalized spacial score (nSPS) is 16.5. The van der Waals surface area contributed by atoms with Gasteiger partial charge in [0.15, 0.2) is 0 Å². The number of likely N-dealkylation sites (tertiary alicyclic amines) is 1. The van der Waals surface area contributed by atoms with Crippen molar-refractivity contribution in [3.05, 3.63) is 35.9 Å². The second kappa shape index (κ2) is 6.97. The first kappa shape index (κ1) is 17.2. The first-order chi connectivity index (χ1) is 10.8. The summed E-state index contributed by atoms with van der Waals surface area (Å²) in [6, 6.07) is 8.19. The number of nitrogens with zero attached hydrogens (tertiary/aromatic N) is 1. The number of carbonyl (C=O) groups excluding carboxylic acids is 2. The Labute approximate surface area is 134 Å². The summed E-state index contributed by atoms with van der Waals surface area (Å²) in [6.45, 7) is 1.54. The Morgan fingerprint density at radius 3 is 2.52 bits per heavy atom. The van der Waals surface area contributed by atoms with Gasteiger partial charge in [0.25, 0.3) is 0 Å². The number of rotatable bonds is 6. The molecule has 0 aliphatic carbocycles. The van der Waals surface area contributed by atoms with E-state index in [0.717, 1.165) is 5.56 Å². The molecule has 9 heteroatoms. The maximum atomic E-state index is 12.0.